The third-order valence-corrected chi connectivity index (χ3v) is 4.56. The number of aliphatic hydroxyl groups is 1. The molecule has 0 aliphatic carbocycles. The van der Waals surface area contributed by atoms with Gasteiger partial charge in [-0.1, -0.05) is 0 Å². The highest BCUT2D eigenvalue weighted by Crippen LogP contribution is 2.25. The van der Waals surface area contributed by atoms with Gasteiger partial charge in [0.1, 0.15) is 0 Å². The Balaban J connectivity index is 1.60. The van der Waals surface area contributed by atoms with Crippen molar-refractivity contribution in [2.24, 2.45) is 0 Å². The molecule has 0 unspecified atom stereocenters. The lowest BCUT2D eigenvalue weighted by molar-refractivity contribution is -0.0744. The van der Waals surface area contributed by atoms with Crippen molar-refractivity contribution in [3.63, 3.8) is 0 Å². The van der Waals surface area contributed by atoms with Crippen molar-refractivity contribution in [2.45, 2.75) is 31.9 Å². The molecule has 0 saturated carbocycles. The van der Waals surface area contributed by atoms with Crippen molar-refractivity contribution in [3.8, 4) is 11.1 Å². The van der Waals surface area contributed by atoms with Crippen LogP contribution in [-0.4, -0.2) is 43.3 Å². The minimum absolute atomic E-state index is 0.504. The van der Waals surface area contributed by atoms with Gasteiger partial charge in [0.05, 0.1) is 30.1 Å². The molecule has 3 aromatic rings. The number of hydrogen-bond acceptors (Lipinski definition) is 4. The summed E-state index contributed by atoms with van der Waals surface area (Å²) >= 11 is 0. The van der Waals surface area contributed by atoms with Crippen LogP contribution < -0.4 is 0 Å². The van der Waals surface area contributed by atoms with Crippen LogP contribution in [0.1, 0.15) is 18.4 Å². The molecule has 6 heteroatoms. The Morgan fingerprint density at radius 2 is 2.04 bits per heavy atom. The maximum atomic E-state index is 10.6. The quantitative estimate of drug-likeness (QED) is 0.804. The van der Waals surface area contributed by atoms with Gasteiger partial charge in [0.15, 0.2) is 0 Å². The van der Waals surface area contributed by atoms with E-state index in [9.17, 15) is 5.11 Å². The largest absolute Gasteiger partial charge is 0.388 e. The molecule has 1 saturated heterocycles. The molecule has 0 amide bonds. The van der Waals surface area contributed by atoms with Gasteiger partial charge >= 0.3 is 0 Å². The van der Waals surface area contributed by atoms with E-state index in [-0.39, 0.29) is 0 Å². The number of fused-ring (bicyclic) bond motifs is 1. The standard InChI is InChI=1S/C17H20N4O2/c1-13-9-19-21-5-2-14(8-16(13)21)15-10-18-20(11-15)12-17(22)3-6-23-7-4-17/h2,5,8-11,22H,3-4,6-7,12H2,1H3. The third kappa shape index (κ3) is 2.75. The van der Waals surface area contributed by atoms with Gasteiger partial charge in [-0.05, 0) is 30.2 Å². The number of ether oxygens (including phenoxy) is 1. The molecule has 1 aliphatic heterocycles. The number of pyridine rings is 1. The Kier molecular flexibility index (Phi) is 3.43. The average Bonchev–Trinajstić information content (AvgIpc) is 3.15. The summed E-state index contributed by atoms with van der Waals surface area (Å²) in [5, 5.41) is 19.3. The molecule has 4 heterocycles. The highest BCUT2D eigenvalue weighted by Gasteiger charge is 2.30. The number of aryl methyl sites for hydroxylation is 1. The van der Waals surface area contributed by atoms with Crippen LogP contribution in [0.15, 0.2) is 36.9 Å². The second kappa shape index (κ2) is 5.47. The molecule has 120 valence electrons. The number of hydrogen-bond donors (Lipinski definition) is 1. The second-order valence-electron chi connectivity index (χ2n) is 6.34. The zero-order chi connectivity index (χ0) is 15.9. The maximum absolute atomic E-state index is 10.6. The molecule has 0 bridgehead atoms. The van der Waals surface area contributed by atoms with Crippen molar-refractivity contribution in [3.05, 3.63) is 42.5 Å². The van der Waals surface area contributed by atoms with Gasteiger partial charge in [-0.3, -0.25) is 4.68 Å². The SMILES string of the molecule is Cc1cnn2ccc(-c3cnn(CC4(O)CCOCC4)c3)cc12. The summed E-state index contributed by atoms with van der Waals surface area (Å²) in [5.41, 5.74) is 3.68. The minimum atomic E-state index is -0.715. The highest BCUT2D eigenvalue weighted by molar-refractivity contribution is 5.69. The van der Waals surface area contributed by atoms with Crippen molar-refractivity contribution in [1.82, 2.24) is 19.4 Å². The molecule has 6 nitrogen and oxygen atoms in total. The monoisotopic (exact) mass is 312 g/mol. The predicted octanol–water partition coefficient (Wildman–Crippen LogP) is 2.05. The van der Waals surface area contributed by atoms with Gasteiger partial charge < -0.3 is 9.84 Å². The molecule has 1 N–H and O–H groups in total. The molecule has 4 rings (SSSR count). The lowest BCUT2D eigenvalue weighted by Crippen LogP contribution is -2.40. The average molecular weight is 312 g/mol. The maximum Gasteiger partial charge on any atom is 0.0886 e. The first-order valence-electron chi connectivity index (χ1n) is 7.90. The van der Waals surface area contributed by atoms with Gasteiger partial charge in [-0.15, -0.1) is 0 Å². The number of aromatic nitrogens is 4. The first-order chi connectivity index (χ1) is 11.1. The summed E-state index contributed by atoms with van der Waals surface area (Å²) in [6.07, 6.45) is 8.97. The summed E-state index contributed by atoms with van der Waals surface area (Å²) in [6, 6.07) is 4.15. The molecule has 23 heavy (non-hydrogen) atoms. The normalized spacial score (nSPS) is 17.7. The van der Waals surface area contributed by atoms with E-state index in [0.29, 0.717) is 32.6 Å². The van der Waals surface area contributed by atoms with E-state index >= 15 is 0 Å². The van der Waals surface area contributed by atoms with Crippen molar-refractivity contribution in [1.29, 1.82) is 0 Å². The van der Waals surface area contributed by atoms with E-state index in [1.54, 1.807) is 0 Å². The Hall–Kier alpha value is -2.18. The lowest BCUT2D eigenvalue weighted by Gasteiger charge is -2.31. The van der Waals surface area contributed by atoms with Gasteiger partial charge in [0, 0.05) is 44.0 Å². The van der Waals surface area contributed by atoms with Crippen molar-refractivity contribution < 1.29 is 9.84 Å². The van der Waals surface area contributed by atoms with Crippen LogP contribution in [0.4, 0.5) is 0 Å². The van der Waals surface area contributed by atoms with E-state index in [2.05, 4.69) is 23.2 Å². The lowest BCUT2D eigenvalue weighted by atomic mass is 9.94. The van der Waals surface area contributed by atoms with E-state index in [1.165, 1.54) is 0 Å². The van der Waals surface area contributed by atoms with E-state index in [4.69, 9.17) is 4.74 Å². The van der Waals surface area contributed by atoms with E-state index in [1.807, 2.05) is 40.1 Å². The molecular weight excluding hydrogens is 292 g/mol. The zero-order valence-corrected chi connectivity index (χ0v) is 13.1. The molecular formula is C17H20N4O2. The topological polar surface area (TPSA) is 64.6 Å². The van der Waals surface area contributed by atoms with Crippen LogP contribution >= 0.6 is 0 Å². The fourth-order valence-corrected chi connectivity index (χ4v) is 3.09. The zero-order valence-electron chi connectivity index (χ0n) is 13.1. The Bertz CT molecular complexity index is 830. The van der Waals surface area contributed by atoms with Gasteiger partial charge in [-0.2, -0.15) is 10.2 Å². The molecule has 1 aliphatic rings. The molecule has 0 aromatic carbocycles. The van der Waals surface area contributed by atoms with Crippen molar-refractivity contribution in [2.75, 3.05) is 13.2 Å². The summed E-state index contributed by atoms with van der Waals surface area (Å²) in [7, 11) is 0. The molecule has 0 spiro atoms. The fraction of sp³-hybridized carbons (Fsp3) is 0.412. The molecule has 0 radical (unpaired) electrons. The second-order valence-corrected chi connectivity index (χ2v) is 6.34. The van der Waals surface area contributed by atoms with Crippen LogP contribution in [0.2, 0.25) is 0 Å². The van der Waals surface area contributed by atoms with Crippen LogP contribution in [0, 0.1) is 6.92 Å². The van der Waals surface area contributed by atoms with Crippen LogP contribution in [0.25, 0.3) is 16.6 Å². The number of nitrogens with zero attached hydrogens (tertiary/aromatic N) is 4. The van der Waals surface area contributed by atoms with E-state index in [0.717, 1.165) is 22.2 Å². The van der Waals surface area contributed by atoms with Gasteiger partial charge in [0.25, 0.3) is 0 Å². The predicted molar refractivity (Wildman–Crippen MR) is 86.2 cm³/mol. The van der Waals surface area contributed by atoms with Gasteiger partial charge in [-0.25, -0.2) is 4.52 Å². The fourth-order valence-electron chi connectivity index (χ4n) is 3.09. The smallest absolute Gasteiger partial charge is 0.0886 e. The summed E-state index contributed by atoms with van der Waals surface area (Å²) in [5.74, 6) is 0. The summed E-state index contributed by atoms with van der Waals surface area (Å²) in [6.45, 7) is 3.78. The third-order valence-electron chi connectivity index (χ3n) is 4.56. The Morgan fingerprint density at radius 3 is 2.87 bits per heavy atom. The highest BCUT2D eigenvalue weighted by atomic mass is 16.5. The summed E-state index contributed by atoms with van der Waals surface area (Å²) < 4.78 is 9.02. The molecule has 0 atom stereocenters. The first-order valence-corrected chi connectivity index (χ1v) is 7.90. The van der Waals surface area contributed by atoms with Crippen LogP contribution in [-0.2, 0) is 11.3 Å². The molecule has 1 fully saturated rings. The first kappa shape index (κ1) is 14.4. The Labute approximate surface area is 134 Å². The van der Waals surface area contributed by atoms with Gasteiger partial charge in [0.2, 0.25) is 0 Å². The minimum Gasteiger partial charge on any atom is -0.388 e. The van der Waals surface area contributed by atoms with Crippen molar-refractivity contribution >= 4 is 5.52 Å². The summed E-state index contributed by atoms with van der Waals surface area (Å²) in [4.78, 5) is 0. The Morgan fingerprint density at radius 1 is 1.22 bits per heavy atom. The number of rotatable bonds is 3. The molecule has 3 aromatic heterocycles. The van der Waals surface area contributed by atoms with Crippen LogP contribution in [0.3, 0.4) is 0 Å². The van der Waals surface area contributed by atoms with E-state index < -0.39 is 5.60 Å². The van der Waals surface area contributed by atoms with Crippen LogP contribution in [0.5, 0.6) is 0 Å².